The summed E-state index contributed by atoms with van der Waals surface area (Å²) in [4.78, 5) is 22.1. The zero-order valence-electron chi connectivity index (χ0n) is 8.71. The van der Waals surface area contributed by atoms with Gasteiger partial charge in [-0.2, -0.15) is 18.3 Å². The number of primary amides is 1. The van der Waals surface area contributed by atoms with Crippen LogP contribution in [0.15, 0.2) is 6.07 Å². The van der Waals surface area contributed by atoms with Gasteiger partial charge in [-0.15, -0.1) is 0 Å². The zero-order valence-corrected chi connectivity index (χ0v) is 8.71. The van der Waals surface area contributed by atoms with Crippen molar-refractivity contribution in [3.63, 3.8) is 0 Å². The molecule has 9 heteroatoms. The maximum Gasteiger partial charge on any atom is 0.405 e. The average molecular weight is 250 g/mol. The number of carbonyl (C=O) groups is 2. The van der Waals surface area contributed by atoms with Crippen LogP contribution in [0.2, 0.25) is 0 Å². The molecule has 94 valence electrons. The molecule has 0 aliphatic rings. The van der Waals surface area contributed by atoms with Crippen LogP contribution in [0, 0.1) is 0 Å². The van der Waals surface area contributed by atoms with Gasteiger partial charge in [-0.3, -0.25) is 14.3 Å². The summed E-state index contributed by atoms with van der Waals surface area (Å²) in [5, 5.41) is 5.23. The first-order valence-electron chi connectivity index (χ1n) is 4.39. The number of amides is 2. The van der Waals surface area contributed by atoms with E-state index in [4.69, 9.17) is 5.73 Å². The number of hydrogen-bond donors (Lipinski definition) is 2. The van der Waals surface area contributed by atoms with Crippen molar-refractivity contribution in [1.82, 2.24) is 15.1 Å². The molecule has 0 aliphatic heterocycles. The monoisotopic (exact) mass is 250 g/mol. The second kappa shape index (κ2) is 4.44. The van der Waals surface area contributed by atoms with E-state index in [1.54, 1.807) is 5.32 Å². The molecule has 1 heterocycles. The lowest BCUT2D eigenvalue weighted by molar-refractivity contribution is -0.123. The maximum atomic E-state index is 11.9. The standard InChI is InChI=1S/C8H9F3N4O2/c1-15-5(2-4(14-15)6(12)16)7(17)13-3-8(9,10)11/h2H,3H2,1H3,(H2,12,16)(H,13,17). The van der Waals surface area contributed by atoms with Crippen LogP contribution >= 0.6 is 0 Å². The molecule has 0 atom stereocenters. The van der Waals surface area contributed by atoms with Crippen molar-refractivity contribution < 1.29 is 22.8 Å². The van der Waals surface area contributed by atoms with E-state index in [9.17, 15) is 22.8 Å². The van der Waals surface area contributed by atoms with Gasteiger partial charge in [0.25, 0.3) is 11.8 Å². The van der Waals surface area contributed by atoms with Crippen LogP contribution < -0.4 is 11.1 Å². The fourth-order valence-electron chi connectivity index (χ4n) is 1.07. The largest absolute Gasteiger partial charge is 0.405 e. The van der Waals surface area contributed by atoms with E-state index in [0.717, 1.165) is 10.7 Å². The molecular weight excluding hydrogens is 241 g/mol. The number of nitrogens with one attached hydrogen (secondary N) is 1. The molecule has 0 radical (unpaired) electrons. The van der Waals surface area contributed by atoms with Crippen molar-refractivity contribution in [2.45, 2.75) is 6.18 Å². The van der Waals surface area contributed by atoms with Crippen molar-refractivity contribution in [3.8, 4) is 0 Å². The molecule has 0 bridgehead atoms. The van der Waals surface area contributed by atoms with Crippen molar-refractivity contribution in [2.75, 3.05) is 6.54 Å². The Hall–Kier alpha value is -2.06. The molecule has 0 saturated heterocycles. The van der Waals surface area contributed by atoms with Crippen LogP contribution in [0.5, 0.6) is 0 Å². The highest BCUT2D eigenvalue weighted by Gasteiger charge is 2.28. The SMILES string of the molecule is Cn1nc(C(N)=O)cc1C(=O)NCC(F)(F)F. The van der Waals surface area contributed by atoms with E-state index < -0.39 is 24.5 Å². The van der Waals surface area contributed by atoms with Gasteiger partial charge in [0.05, 0.1) is 0 Å². The quantitative estimate of drug-likeness (QED) is 0.779. The van der Waals surface area contributed by atoms with Crippen LogP contribution in [-0.2, 0) is 7.05 Å². The molecule has 0 aliphatic carbocycles. The summed E-state index contributed by atoms with van der Waals surface area (Å²) in [5.41, 5.74) is 4.55. The first kappa shape index (κ1) is 13.0. The Morgan fingerprint density at radius 3 is 2.53 bits per heavy atom. The van der Waals surface area contributed by atoms with Gasteiger partial charge in [-0.05, 0) is 0 Å². The summed E-state index contributed by atoms with van der Waals surface area (Å²) in [7, 11) is 1.31. The van der Waals surface area contributed by atoms with E-state index in [-0.39, 0.29) is 11.4 Å². The van der Waals surface area contributed by atoms with Crippen LogP contribution in [-0.4, -0.2) is 34.3 Å². The Labute approximate surface area is 93.6 Å². The number of hydrogen-bond acceptors (Lipinski definition) is 3. The molecule has 6 nitrogen and oxygen atoms in total. The van der Waals surface area contributed by atoms with Gasteiger partial charge in [0, 0.05) is 13.1 Å². The van der Waals surface area contributed by atoms with E-state index in [1.165, 1.54) is 7.05 Å². The number of rotatable bonds is 3. The first-order valence-corrected chi connectivity index (χ1v) is 4.39. The molecule has 17 heavy (non-hydrogen) atoms. The predicted molar refractivity (Wildman–Crippen MR) is 50.1 cm³/mol. The van der Waals surface area contributed by atoms with Crippen LogP contribution in [0.25, 0.3) is 0 Å². The van der Waals surface area contributed by atoms with Gasteiger partial charge < -0.3 is 11.1 Å². The van der Waals surface area contributed by atoms with Crippen LogP contribution in [0.4, 0.5) is 13.2 Å². The molecule has 3 N–H and O–H groups in total. The fourth-order valence-corrected chi connectivity index (χ4v) is 1.07. The van der Waals surface area contributed by atoms with Crippen LogP contribution in [0.3, 0.4) is 0 Å². The Balaban J connectivity index is 2.79. The fraction of sp³-hybridized carbons (Fsp3) is 0.375. The lowest BCUT2D eigenvalue weighted by atomic mass is 10.3. The summed E-state index contributed by atoms with van der Waals surface area (Å²) in [5.74, 6) is -1.85. The van der Waals surface area contributed by atoms with Gasteiger partial charge in [0.2, 0.25) is 0 Å². The summed E-state index contributed by atoms with van der Waals surface area (Å²) >= 11 is 0. The molecule has 1 aromatic rings. The molecule has 1 aromatic heterocycles. The predicted octanol–water partition coefficient (Wildman–Crippen LogP) is -0.189. The summed E-state index contributed by atoms with van der Waals surface area (Å²) in [6.45, 7) is -1.46. The summed E-state index contributed by atoms with van der Waals surface area (Å²) in [6.07, 6.45) is -4.50. The van der Waals surface area contributed by atoms with Crippen molar-refractivity contribution in [1.29, 1.82) is 0 Å². The molecule has 0 unspecified atom stereocenters. The lowest BCUT2D eigenvalue weighted by Gasteiger charge is -2.07. The third-order valence-corrected chi connectivity index (χ3v) is 1.81. The van der Waals surface area contributed by atoms with E-state index >= 15 is 0 Å². The number of alkyl halides is 3. The zero-order chi connectivity index (χ0) is 13.2. The first-order chi connectivity index (χ1) is 7.70. The number of carbonyl (C=O) groups excluding carboxylic acids is 2. The number of halogens is 3. The Morgan fingerprint density at radius 2 is 2.12 bits per heavy atom. The van der Waals surface area contributed by atoms with Gasteiger partial charge in [-0.1, -0.05) is 0 Å². The Kier molecular flexibility index (Phi) is 3.39. The Bertz CT molecular complexity index is 452. The van der Waals surface area contributed by atoms with Crippen LogP contribution in [0.1, 0.15) is 21.0 Å². The molecule has 0 saturated carbocycles. The maximum absolute atomic E-state index is 11.9. The number of nitrogens with two attached hydrogens (primary N) is 1. The molecule has 1 rings (SSSR count). The minimum atomic E-state index is -4.50. The minimum absolute atomic E-state index is 0.178. The Morgan fingerprint density at radius 1 is 1.53 bits per heavy atom. The normalized spacial score (nSPS) is 11.3. The van der Waals surface area contributed by atoms with E-state index in [0.29, 0.717) is 0 Å². The second-order valence-electron chi connectivity index (χ2n) is 3.20. The van der Waals surface area contributed by atoms with E-state index in [2.05, 4.69) is 5.10 Å². The highest BCUT2D eigenvalue weighted by atomic mass is 19.4. The molecule has 0 spiro atoms. The summed E-state index contributed by atoms with van der Waals surface area (Å²) < 4.78 is 36.5. The number of aromatic nitrogens is 2. The average Bonchev–Trinajstić information content (AvgIpc) is 2.56. The van der Waals surface area contributed by atoms with Crippen molar-refractivity contribution >= 4 is 11.8 Å². The third-order valence-electron chi connectivity index (χ3n) is 1.81. The van der Waals surface area contributed by atoms with Gasteiger partial charge in [0.15, 0.2) is 5.69 Å². The minimum Gasteiger partial charge on any atom is -0.364 e. The number of nitrogens with zero attached hydrogens (tertiary/aromatic N) is 2. The number of aryl methyl sites for hydroxylation is 1. The molecular formula is C8H9F3N4O2. The smallest absolute Gasteiger partial charge is 0.364 e. The van der Waals surface area contributed by atoms with Gasteiger partial charge in [0.1, 0.15) is 12.2 Å². The van der Waals surface area contributed by atoms with Gasteiger partial charge in [-0.25, -0.2) is 0 Å². The highest BCUT2D eigenvalue weighted by molar-refractivity contribution is 5.97. The molecule has 0 aromatic carbocycles. The highest BCUT2D eigenvalue weighted by Crippen LogP contribution is 2.12. The van der Waals surface area contributed by atoms with Gasteiger partial charge >= 0.3 is 6.18 Å². The third kappa shape index (κ3) is 3.47. The topological polar surface area (TPSA) is 90.0 Å². The van der Waals surface area contributed by atoms with Crippen molar-refractivity contribution in [2.24, 2.45) is 12.8 Å². The molecule has 0 fully saturated rings. The van der Waals surface area contributed by atoms with E-state index in [1.807, 2.05) is 0 Å². The second-order valence-corrected chi connectivity index (χ2v) is 3.20. The lowest BCUT2D eigenvalue weighted by Crippen LogP contribution is -2.34. The molecule has 2 amide bonds. The van der Waals surface area contributed by atoms with Crippen molar-refractivity contribution in [3.05, 3.63) is 17.5 Å². The summed E-state index contributed by atoms with van der Waals surface area (Å²) in [6, 6.07) is 1.02.